The van der Waals surface area contributed by atoms with Gasteiger partial charge in [-0.2, -0.15) is 16.8 Å². The van der Waals surface area contributed by atoms with Gasteiger partial charge in [0.25, 0.3) is 20.2 Å². The fourth-order valence-corrected chi connectivity index (χ4v) is 8.94. The normalized spacial score (nSPS) is 12.2. The topological polar surface area (TPSA) is 104 Å². The minimum absolute atomic E-state index is 0.0786. The van der Waals surface area contributed by atoms with Crippen LogP contribution in [0.15, 0.2) is 137 Å². The van der Waals surface area contributed by atoms with Gasteiger partial charge in [0.05, 0.1) is 23.0 Å². The molecule has 0 bridgehead atoms. The van der Waals surface area contributed by atoms with Crippen LogP contribution in [0.3, 0.4) is 0 Å². The summed E-state index contributed by atoms with van der Waals surface area (Å²) in [7, 11) is -11.2. The lowest BCUT2D eigenvalue weighted by molar-refractivity contribution is 0.307. The van der Waals surface area contributed by atoms with Crippen LogP contribution in [0.4, 0.5) is 0 Å². The third kappa shape index (κ3) is 7.09. The Balaban J connectivity index is 1.35. The minimum atomic E-state index is -3.94. The molecule has 0 heterocycles. The second-order valence-electron chi connectivity index (χ2n) is 10.3. The molecule has 10 heteroatoms. The Bertz CT molecular complexity index is 1860. The van der Waals surface area contributed by atoms with E-state index in [1.54, 1.807) is 84.9 Å². The summed E-state index contributed by atoms with van der Waals surface area (Å²) in [6, 6.07) is 35.6. The van der Waals surface area contributed by atoms with Crippen LogP contribution in [0.2, 0.25) is 0 Å². The van der Waals surface area contributed by atoms with Gasteiger partial charge in [-0.3, -0.25) is 8.37 Å². The monoisotopic (exact) mass is 646 g/mol. The van der Waals surface area contributed by atoms with Crippen LogP contribution in [-0.2, 0) is 46.4 Å². The molecule has 0 amide bonds. The average Bonchev–Trinajstić information content (AvgIpc) is 3.04. The molecule has 0 radical (unpaired) electrons. The molecular formula is C34H31O7PS2. The van der Waals surface area contributed by atoms with E-state index in [4.69, 9.17) is 8.37 Å². The van der Waals surface area contributed by atoms with Crippen molar-refractivity contribution >= 4 is 43.3 Å². The predicted molar refractivity (Wildman–Crippen MR) is 172 cm³/mol. The van der Waals surface area contributed by atoms with Gasteiger partial charge in [0.2, 0.25) is 0 Å². The van der Waals surface area contributed by atoms with E-state index >= 15 is 0 Å². The molecule has 0 aliphatic carbocycles. The molecule has 0 aliphatic heterocycles. The number of hydrogen-bond donors (Lipinski definition) is 0. The molecule has 5 rings (SSSR count). The molecule has 0 atom stereocenters. The summed E-state index contributed by atoms with van der Waals surface area (Å²) in [5.41, 5.74) is 3.09. The first-order valence-corrected chi connectivity index (χ1v) is 18.3. The van der Waals surface area contributed by atoms with E-state index < -0.39 is 27.4 Å². The maximum Gasteiger partial charge on any atom is 0.297 e. The smallest absolute Gasteiger partial charge is 0.297 e. The molecule has 0 saturated carbocycles. The SMILES string of the molecule is Cc1ccc(S(=O)(=O)OCc2ccc(P(=O)(c3ccccc3)c3ccc(COS(=O)(=O)c4ccc(C)cc4)cc3)cc2)cc1. The van der Waals surface area contributed by atoms with E-state index in [9.17, 15) is 21.4 Å². The zero-order chi connectivity index (χ0) is 31.4. The Morgan fingerprint density at radius 3 is 1.18 bits per heavy atom. The van der Waals surface area contributed by atoms with Crippen LogP contribution in [0, 0.1) is 13.8 Å². The molecule has 0 fully saturated rings. The van der Waals surface area contributed by atoms with E-state index in [0.29, 0.717) is 27.0 Å². The lowest BCUT2D eigenvalue weighted by Gasteiger charge is -2.20. The molecule has 0 aliphatic rings. The van der Waals surface area contributed by atoms with Gasteiger partial charge in [-0.25, -0.2) is 0 Å². The Labute approximate surface area is 258 Å². The first-order chi connectivity index (χ1) is 21.0. The van der Waals surface area contributed by atoms with E-state index in [1.165, 1.54) is 24.3 Å². The summed E-state index contributed by atoms with van der Waals surface area (Å²) in [6.45, 7) is 3.39. The van der Waals surface area contributed by atoms with Crippen molar-refractivity contribution in [3.05, 3.63) is 150 Å². The van der Waals surface area contributed by atoms with Crippen molar-refractivity contribution in [2.24, 2.45) is 0 Å². The van der Waals surface area contributed by atoms with Crippen molar-refractivity contribution < 1.29 is 29.8 Å². The lowest BCUT2D eigenvalue weighted by atomic mass is 10.2. The predicted octanol–water partition coefficient (Wildman–Crippen LogP) is 5.75. The summed E-state index contributed by atoms with van der Waals surface area (Å²) in [5, 5.41) is 1.73. The fourth-order valence-electron chi connectivity index (χ4n) is 4.53. The van der Waals surface area contributed by atoms with E-state index in [1.807, 2.05) is 32.0 Å². The summed E-state index contributed by atoms with van der Waals surface area (Å²) >= 11 is 0. The van der Waals surface area contributed by atoms with Gasteiger partial charge >= 0.3 is 0 Å². The van der Waals surface area contributed by atoms with E-state index in [-0.39, 0.29) is 23.0 Å². The summed E-state index contributed by atoms with van der Waals surface area (Å²) in [4.78, 5) is 0.157. The molecule has 0 saturated heterocycles. The third-order valence-electron chi connectivity index (χ3n) is 7.10. The number of aryl methyl sites for hydroxylation is 2. The highest BCUT2D eigenvalue weighted by atomic mass is 32.2. The number of benzene rings is 5. The first-order valence-electron chi connectivity index (χ1n) is 13.7. The van der Waals surface area contributed by atoms with Crippen LogP contribution in [0.25, 0.3) is 0 Å². The fraction of sp³-hybridized carbons (Fsp3) is 0.118. The zero-order valence-corrected chi connectivity index (χ0v) is 26.7. The summed E-state index contributed by atoms with van der Waals surface area (Å²) < 4.78 is 75.9. The Morgan fingerprint density at radius 1 is 0.477 bits per heavy atom. The summed E-state index contributed by atoms with van der Waals surface area (Å²) in [6.07, 6.45) is 0. The zero-order valence-electron chi connectivity index (χ0n) is 24.2. The van der Waals surface area contributed by atoms with Gasteiger partial charge < -0.3 is 4.57 Å². The Morgan fingerprint density at radius 2 is 0.818 bits per heavy atom. The van der Waals surface area contributed by atoms with Crippen molar-refractivity contribution in [2.75, 3.05) is 0 Å². The first kappa shape index (κ1) is 31.6. The van der Waals surface area contributed by atoms with Crippen LogP contribution < -0.4 is 15.9 Å². The molecule has 5 aromatic rings. The molecule has 5 aromatic carbocycles. The van der Waals surface area contributed by atoms with E-state index in [2.05, 4.69) is 0 Å². The molecule has 0 unspecified atom stereocenters. The molecule has 0 aromatic heterocycles. The molecule has 0 N–H and O–H groups in total. The van der Waals surface area contributed by atoms with Gasteiger partial charge in [0, 0.05) is 15.9 Å². The Hall–Kier alpha value is -3.85. The molecule has 7 nitrogen and oxygen atoms in total. The van der Waals surface area contributed by atoms with Crippen LogP contribution in [-0.4, -0.2) is 16.8 Å². The highest BCUT2D eigenvalue weighted by molar-refractivity contribution is 7.87. The minimum Gasteiger partial charge on any atom is -0.309 e. The van der Waals surface area contributed by atoms with Crippen LogP contribution in [0.5, 0.6) is 0 Å². The maximum atomic E-state index is 14.8. The van der Waals surface area contributed by atoms with Crippen molar-refractivity contribution in [3.8, 4) is 0 Å². The van der Waals surface area contributed by atoms with Crippen molar-refractivity contribution in [3.63, 3.8) is 0 Å². The molecule has 0 spiro atoms. The number of hydrogen-bond acceptors (Lipinski definition) is 7. The standard InChI is InChI=1S/C34H31O7PS2/c1-26-8-20-33(21-9-26)43(36,37)40-24-28-12-16-31(17-13-28)42(35,30-6-4-3-5-7-30)32-18-14-29(15-19-32)25-41-44(38,39)34-22-10-27(2)11-23-34/h3-23H,24-25H2,1-2H3. The second-order valence-corrected chi connectivity index (χ2v) is 16.3. The molecule has 226 valence electrons. The van der Waals surface area contributed by atoms with Gasteiger partial charge in [-0.15, -0.1) is 0 Å². The second kappa shape index (κ2) is 13.0. The third-order valence-corrected chi connectivity index (χ3v) is 12.7. The van der Waals surface area contributed by atoms with E-state index in [0.717, 1.165) is 11.1 Å². The van der Waals surface area contributed by atoms with Gasteiger partial charge in [0.1, 0.15) is 0 Å². The van der Waals surface area contributed by atoms with Crippen molar-refractivity contribution in [1.82, 2.24) is 0 Å². The number of rotatable bonds is 11. The van der Waals surface area contributed by atoms with Crippen molar-refractivity contribution in [1.29, 1.82) is 0 Å². The highest BCUT2D eigenvalue weighted by Gasteiger charge is 2.30. The van der Waals surface area contributed by atoms with Crippen molar-refractivity contribution in [2.45, 2.75) is 36.9 Å². The van der Waals surface area contributed by atoms with Crippen LogP contribution in [0.1, 0.15) is 22.3 Å². The molecular weight excluding hydrogens is 615 g/mol. The maximum absolute atomic E-state index is 14.8. The van der Waals surface area contributed by atoms with Gasteiger partial charge in [-0.1, -0.05) is 114 Å². The Kier molecular flexibility index (Phi) is 9.34. The quantitative estimate of drug-likeness (QED) is 0.133. The highest BCUT2D eigenvalue weighted by Crippen LogP contribution is 2.42. The van der Waals surface area contributed by atoms with Crippen LogP contribution >= 0.6 is 7.14 Å². The van der Waals surface area contributed by atoms with Gasteiger partial charge in [0.15, 0.2) is 7.14 Å². The van der Waals surface area contributed by atoms with Gasteiger partial charge in [-0.05, 0) is 49.2 Å². The molecule has 44 heavy (non-hydrogen) atoms. The average molecular weight is 647 g/mol. The lowest BCUT2D eigenvalue weighted by Crippen LogP contribution is -2.25. The summed E-state index contributed by atoms with van der Waals surface area (Å²) in [5.74, 6) is 0. The largest absolute Gasteiger partial charge is 0.309 e.